The molecule has 4 rings (SSSR count). The van der Waals surface area contributed by atoms with Crippen LogP contribution in [0, 0.1) is 0 Å². The first kappa shape index (κ1) is 18.7. The molecule has 0 unspecified atom stereocenters. The lowest BCUT2D eigenvalue weighted by Gasteiger charge is -2.25. The summed E-state index contributed by atoms with van der Waals surface area (Å²) in [5, 5.41) is 1.19. The van der Waals surface area contributed by atoms with Gasteiger partial charge in [-0.25, -0.2) is 4.98 Å². The number of nitrogens with one attached hydrogen (secondary N) is 1. The standard InChI is InChI=1S/C21H17Cl2N3O2/c22-13-5-6-16(17(11-13)15-3-1-2-4-18(15)23)20-24-12-19(25-20)21(28)26-9-7-14(27)8-10-26/h1-6,11-12H,7-10H2,(H,24,25). The number of aromatic nitrogens is 2. The molecule has 1 aromatic heterocycles. The number of rotatable bonds is 3. The van der Waals surface area contributed by atoms with Crippen LogP contribution < -0.4 is 0 Å². The number of piperidine rings is 1. The lowest BCUT2D eigenvalue weighted by molar-refractivity contribution is -0.120. The first-order valence-corrected chi connectivity index (χ1v) is 9.70. The Balaban J connectivity index is 1.69. The van der Waals surface area contributed by atoms with E-state index in [2.05, 4.69) is 9.97 Å². The molecule has 7 heteroatoms. The minimum absolute atomic E-state index is 0.178. The van der Waals surface area contributed by atoms with Gasteiger partial charge in [0.2, 0.25) is 0 Å². The summed E-state index contributed by atoms with van der Waals surface area (Å²) in [4.78, 5) is 33.4. The van der Waals surface area contributed by atoms with E-state index in [0.29, 0.717) is 47.5 Å². The van der Waals surface area contributed by atoms with Crippen molar-refractivity contribution in [3.05, 3.63) is 64.4 Å². The Morgan fingerprint density at radius 1 is 1.00 bits per heavy atom. The molecule has 2 heterocycles. The maximum absolute atomic E-state index is 12.7. The number of carbonyl (C=O) groups is 2. The molecule has 0 aliphatic carbocycles. The van der Waals surface area contributed by atoms with Crippen LogP contribution in [-0.4, -0.2) is 39.6 Å². The van der Waals surface area contributed by atoms with Gasteiger partial charge in [0, 0.05) is 53.3 Å². The SMILES string of the molecule is O=C1CCN(C(=O)c2c[nH]c(-c3ccc(Cl)cc3-c3ccccc3Cl)n2)CC1. The third kappa shape index (κ3) is 3.68. The first-order chi connectivity index (χ1) is 13.5. The zero-order chi connectivity index (χ0) is 19.7. The summed E-state index contributed by atoms with van der Waals surface area (Å²) in [6, 6.07) is 13.0. The van der Waals surface area contributed by atoms with Gasteiger partial charge < -0.3 is 9.88 Å². The van der Waals surface area contributed by atoms with Crippen molar-refractivity contribution in [1.82, 2.24) is 14.9 Å². The van der Waals surface area contributed by atoms with Crippen LogP contribution in [0.25, 0.3) is 22.5 Å². The van der Waals surface area contributed by atoms with Gasteiger partial charge in [-0.1, -0.05) is 41.4 Å². The molecule has 0 radical (unpaired) electrons. The molecule has 1 N–H and O–H groups in total. The summed E-state index contributed by atoms with van der Waals surface area (Å²) >= 11 is 12.6. The second kappa shape index (κ2) is 7.78. The summed E-state index contributed by atoms with van der Waals surface area (Å²) in [7, 11) is 0. The van der Waals surface area contributed by atoms with E-state index in [-0.39, 0.29) is 11.7 Å². The molecule has 5 nitrogen and oxygen atoms in total. The number of nitrogens with zero attached hydrogens (tertiary/aromatic N) is 2. The smallest absolute Gasteiger partial charge is 0.274 e. The third-order valence-electron chi connectivity index (χ3n) is 4.81. The molecule has 0 atom stereocenters. The average molecular weight is 414 g/mol. The van der Waals surface area contributed by atoms with Gasteiger partial charge in [0.15, 0.2) is 0 Å². The number of ketones is 1. The van der Waals surface area contributed by atoms with Crippen LogP contribution in [0.5, 0.6) is 0 Å². The number of halogens is 2. The molecule has 1 aliphatic rings. The molecule has 1 fully saturated rings. The van der Waals surface area contributed by atoms with Gasteiger partial charge in [0.05, 0.1) is 0 Å². The molecule has 0 saturated carbocycles. The molecule has 142 valence electrons. The number of likely N-dealkylation sites (tertiary alicyclic amines) is 1. The summed E-state index contributed by atoms with van der Waals surface area (Å²) in [5.74, 6) is 0.573. The number of benzene rings is 2. The lowest BCUT2D eigenvalue weighted by atomic mass is 9.99. The minimum Gasteiger partial charge on any atom is -0.344 e. The van der Waals surface area contributed by atoms with Gasteiger partial charge in [-0.05, 0) is 29.8 Å². The molecule has 3 aromatic rings. The quantitative estimate of drug-likeness (QED) is 0.666. The van der Waals surface area contributed by atoms with Crippen molar-refractivity contribution in [3.63, 3.8) is 0 Å². The number of hydrogen-bond donors (Lipinski definition) is 1. The Bertz CT molecular complexity index is 1050. The average Bonchev–Trinajstić information content (AvgIpc) is 3.18. The molecule has 1 saturated heterocycles. The van der Waals surface area contributed by atoms with Crippen molar-refractivity contribution in [2.75, 3.05) is 13.1 Å². The van der Waals surface area contributed by atoms with Gasteiger partial charge in [-0.15, -0.1) is 0 Å². The van der Waals surface area contributed by atoms with Crippen LogP contribution in [0.1, 0.15) is 23.3 Å². The van der Waals surface area contributed by atoms with Crippen LogP contribution in [0.3, 0.4) is 0 Å². The monoisotopic (exact) mass is 413 g/mol. The van der Waals surface area contributed by atoms with Crippen LogP contribution in [0.4, 0.5) is 0 Å². The highest BCUT2D eigenvalue weighted by atomic mass is 35.5. The van der Waals surface area contributed by atoms with Gasteiger partial charge in [0.25, 0.3) is 5.91 Å². The molecule has 0 spiro atoms. The highest BCUT2D eigenvalue weighted by Crippen LogP contribution is 2.36. The van der Waals surface area contributed by atoms with Gasteiger partial charge >= 0.3 is 0 Å². The van der Waals surface area contributed by atoms with Crippen molar-refractivity contribution in [1.29, 1.82) is 0 Å². The van der Waals surface area contributed by atoms with Crippen molar-refractivity contribution in [3.8, 4) is 22.5 Å². The van der Waals surface area contributed by atoms with Crippen LogP contribution in [0.15, 0.2) is 48.7 Å². The first-order valence-electron chi connectivity index (χ1n) is 8.94. The lowest BCUT2D eigenvalue weighted by Crippen LogP contribution is -2.38. The van der Waals surface area contributed by atoms with E-state index in [4.69, 9.17) is 23.2 Å². The van der Waals surface area contributed by atoms with Gasteiger partial charge in [-0.3, -0.25) is 9.59 Å². The molecular weight excluding hydrogens is 397 g/mol. The Morgan fingerprint density at radius 3 is 2.50 bits per heavy atom. The van der Waals surface area contributed by atoms with Crippen LogP contribution >= 0.6 is 23.2 Å². The zero-order valence-electron chi connectivity index (χ0n) is 14.9. The predicted molar refractivity (Wildman–Crippen MR) is 110 cm³/mol. The molecule has 2 aromatic carbocycles. The highest BCUT2D eigenvalue weighted by molar-refractivity contribution is 6.34. The van der Waals surface area contributed by atoms with E-state index in [1.165, 1.54) is 0 Å². The Labute approximate surface area is 172 Å². The number of H-pyrrole nitrogens is 1. The fraction of sp³-hybridized carbons (Fsp3) is 0.190. The van der Waals surface area contributed by atoms with Crippen molar-refractivity contribution < 1.29 is 9.59 Å². The summed E-state index contributed by atoms with van der Waals surface area (Å²) in [6.07, 6.45) is 2.40. The molecular formula is C21H17Cl2N3O2. The summed E-state index contributed by atoms with van der Waals surface area (Å²) < 4.78 is 0. The predicted octanol–water partition coefficient (Wildman–Crippen LogP) is 4.86. The third-order valence-corrected chi connectivity index (χ3v) is 5.37. The normalized spacial score (nSPS) is 14.4. The highest BCUT2D eigenvalue weighted by Gasteiger charge is 2.24. The van der Waals surface area contributed by atoms with Crippen molar-refractivity contribution in [2.24, 2.45) is 0 Å². The fourth-order valence-corrected chi connectivity index (χ4v) is 3.73. The van der Waals surface area contributed by atoms with E-state index < -0.39 is 0 Å². The Morgan fingerprint density at radius 2 is 1.75 bits per heavy atom. The largest absolute Gasteiger partial charge is 0.344 e. The Hall–Kier alpha value is -2.63. The van der Waals surface area contributed by atoms with Crippen molar-refractivity contribution >= 4 is 34.9 Å². The summed E-state index contributed by atoms with van der Waals surface area (Å²) in [6.45, 7) is 0.872. The van der Waals surface area contributed by atoms with Gasteiger partial charge in [-0.2, -0.15) is 0 Å². The number of Topliss-reactive ketones (excluding diaryl/α,β-unsaturated/α-hetero) is 1. The number of aromatic amines is 1. The number of carbonyl (C=O) groups excluding carboxylic acids is 2. The minimum atomic E-state index is -0.178. The second-order valence-corrected chi connectivity index (χ2v) is 7.48. The zero-order valence-corrected chi connectivity index (χ0v) is 16.4. The van der Waals surface area contributed by atoms with E-state index in [0.717, 1.165) is 16.7 Å². The maximum atomic E-state index is 12.7. The number of amides is 1. The number of imidazole rings is 1. The molecule has 28 heavy (non-hydrogen) atoms. The van der Waals surface area contributed by atoms with E-state index in [1.807, 2.05) is 36.4 Å². The van der Waals surface area contributed by atoms with E-state index in [9.17, 15) is 9.59 Å². The van der Waals surface area contributed by atoms with E-state index in [1.54, 1.807) is 17.2 Å². The van der Waals surface area contributed by atoms with E-state index >= 15 is 0 Å². The van der Waals surface area contributed by atoms with Gasteiger partial charge in [0.1, 0.15) is 17.3 Å². The van der Waals surface area contributed by atoms with Crippen LogP contribution in [-0.2, 0) is 4.79 Å². The van der Waals surface area contributed by atoms with Crippen LogP contribution in [0.2, 0.25) is 10.0 Å². The fourth-order valence-electron chi connectivity index (χ4n) is 3.32. The topological polar surface area (TPSA) is 66.1 Å². The maximum Gasteiger partial charge on any atom is 0.274 e. The molecule has 1 amide bonds. The number of hydrogen-bond acceptors (Lipinski definition) is 3. The van der Waals surface area contributed by atoms with Crippen molar-refractivity contribution in [2.45, 2.75) is 12.8 Å². The summed E-state index contributed by atoms with van der Waals surface area (Å²) in [5.41, 5.74) is 2.78. The molecule has 1 aliphatic heterocycles. The Kier molecular flexibility index (Phi) is 5.20. The second-order valence-electron chi connectivity index (χ2n) is 6.63. The molecule has 0 bridgehead atoms.